The quantitative estimate of drug-likeness (QED) is 0.296. The molecular weight excluding hydrogens is 336 g/mol. The fourth-order valence-electron chi connectivity index (χ4n) is 2.02. The van der Waals surface area contributed by atoms with Crippen LogP contribution in [0, 0.1) is 0 Å². The standard InChI is InChI=1S/C13H15F2NO8/c1-6(18)21-4-9-13(14,15)11(23-8(3)20)10(22-7(2)19)12(24-9)16-5-17/h9-12H,4H2,1-3H3/t9-,10-,11-,12?/m1/s1. The molecule has 1 unspecified atom stereocenters. The van der Waals surface area contributed by atoms with Crippen LogP contribution < -0.4 is 0 Å². The number of hydrogen-bond acceptors (Lipinski definition) is 9. The van der Waals surface area contributed by atoms with Crippen LogP contribution in [-0.2, 0) is 38.1 Å². The lowest BCUT2D eigenvalue weighted by atomic mass is 9.96. The molecular formula is C13H15F2NO8. The number of nitrogens with zero attached hydrogens (tertiary/aromatic N) is 1. The number of hydrogen-bond donors (Lipinski definition) is 0. The van der Waals surface area contributed by atoms with Crippen LogP contribution in [0.25, 0.3) is 0 Å². The summed E-state index contributed by atoms with van der Waals surface area (Å²) in [4.78, 5) is 46.7. The SMILES string of the molecule is CC(=O)OC[C@H]1OC(N=C=O)[C@H](OC(C)=O)[C@@H](OC(C)=O)C1(F)F. The number of ether oxygens (including phenoxy) is 4. The third kappa shape index (κ3) is 4.80. The topological polar surface area (TPSA) is 118 Å². The van der Waals surface area contributed by atoms with E-state index in [-0.39, 0.29) is 0 Å². The lowest BCUT2D eigenvalue weighted by molar-refractivity contribution is -0.299. The second-order valence-electron chi connectivity index (χ2n) is 4.82. The van der Waals surface area contributed by atoms with Crippen molar-refractivity contribution in [2.45, 2.75) is 51.2 Å². The third-order valence-corrected chi connectivity index (χ3v) is 2.90. The fraction of sp³-hybridized carbons (Fsp3) is 0.692. The maximum Gasteiger partial charge on any atom is 0.317 e. The van der Waals surface area contributed by atoms with Gasteiger partial charge in [-0.2, -0.15) is 13.8 Å². The molecule has 0 saturated carbocycles. The van der Waals surface area contributed by atoms with Crippen molar-refractivity contribution in [3.8, 4) is 0 Å². The van der Waals surface area contributed by atoms with E-state index >= 15 is 0 Å². The van der Waals surface area contributed by atoms with Gasteiger partial charge in [-0.3, -0.25) is 14.4 Å². The zero-order valence-corrected chi connectivity index (χ0v) is 13.0. The van der Waals surface area contributed by atoms with Crippen molar-refractivity contribution >= 4 is 24.0 Å². The van der Waals surface area contributed by atoms with Crippen LogP contribution >= 0.6 is 0 Å². The van der Waals surface area contributed by atoms with Gasteiger partial charge >= 0.3 is 23.8 Å². The van der Waals surface area contributed by atoms with Crippen molar-refractivity contribution in [2.24, 2.45) is 4.99 Å². The zero-order chi connectivity index (χ0) is 18.5. The largest absolute Gasteiger partial charge is 0.463 e. The molecule has 0 spiro atoms. The molecule has 4 atom stereocenters. The van der Waals surface area contributed by atoms with Gasteiger partial charge in [0.05, 0.1) is 0 Å². The first-order chi connectivity index (χ1) is 11.1. The molecule has 0 aromatic carbocycles. The van der Waals surface area contributed by atoms with Crippen molar-refractivity contribution in [1.82, 2.24) is 0 Å². The Hall–Kier alpha value is -2.39. The zero-order valence-electron chi connectivity index (χ0n) is 13.0. The van der Waals surface area contributed by atoms with E-state index in [1.807, 2.05) is 0 Å². The summed E-state index contributed by atoms with van der Waals surface area (Å²) in [6, 6.07) is 0. The van der Waals surface area contributed by atoms with Gasteiger partial charge in [-0.15, -0.1) is 0 Å². The molecule has 1 heterocycles. The van der Waals surface area contributed by atoms with Gasteiger partial charge in [0.2, 0.25) is 18.4 Å². The third-order valence-electron chi connectivity index (χ3n) is 2.90. The molecule has 1 saturated heterocycles. The minimum Gasteiger partial charge on any atom is -0.463 e. The monoisotopic (exact) mass is 351 g/mol. The number of aliphatic imine (C=N–C) groups is 1. The molecule has 134 valence electrons. The highest BCUT2D eigenvalue weighted by Crippen LogP contribution is 2.38. The van der Waals surface area contributed by atoms with Crippen LogP contribution in [0.3, 0.4) is 0 Å². The summed E-state index contributed by atoms with van der Waals surface area (Å²) in [5, 5.41) is 0. The number of rotatable bonds is 5. The second-order valence-corrected chi connectivity index (χ2v) is 4.82. The van der Waals surface area contributed by atoms with Gasteiger partial charge in [0.25, 0.3) is 0 Å². The average molecular weight is 351 g/mol. The fourth-order valence-corrected chi connectivity index (χ4v) is 2.02. The molecule has 9 nitrogen and oxygen atoms in total. The predicted octanol–water partition coefficient (Wildman–Crippen LogP) is 0.109. The van der Waals surface area contributed by atoms with Crippen molar-refractivity contribution in [3.63, 3.8) is 0 Å². The highest BCUT2D eigenvalue weighted by Gasteiger charge is 2.62. The Morgan fingerprint density at radius 2 is 1.71 bits per heavy atom. The summed E-state index contributed by atoms with van der Waals surface area (Å²) >= 11 is 0. The van der Waals surface area contributed by atoms with Gasteiger partial charge in [0.1, 0.15) is 6.61 Å². The Balaban J connectivity index is 3.22. The van der Waals surface area contributed by atoms with Gasteiger partial charge in [-0.25, -0.2) is 4.79 Å². The summed E-state index contributed by atoms with van der Waals surface area (Å²) in [6.45, 7) is 1.90. The van der Waals surface area contributed by atoms with E-state index in [2.05, 4.69) is 19.2 Å². The molecule has 0 aliphatic carbocycles. The summed E-state index contributed by atoms with van der Waals surface area (Å²) in [7, 11) is 0. The van der Waals surface area contributed by atoms with Crippen LogP contribution in [0.4, 0.5) is 8.78 Å². The van der Waals surface area contributed by atoms with Gasteiger partial charge < -0.3 is 18.9 Å². The number of alkyl halides is 2. The number of carbonyl (C=O) groups is 3. The molecule has 11 heteroatoms. The normalized spacial score (nSPS) is 28.2. The van der Waals surface area contributed by atoms with Crippen molar-refractivity contribution in [3.05, 3.63) is 0 Å². The number of carbonyl (C=O) groups excluding carboxylic acids is 4. The molecule has 0 aromatic heterocycles. The Morgan fingerprint density at radius 3 is 2.17 bits per heavy atom. The summed E-state index contributed by atoms with van der Waals surface area (Å²) < 4.78 is 47.7. The Kier molecular flexibility index (Phi) is 6.50. The van der Waals surface area contributed by atoms with E-state index in [0.29, 0.717) is 0 Å². The van der Waals surface area contributed by atoms with E-state index in [4.69, 9.17) is 4.74 Å². The minimum absolute atomic E-state index is 0.851. The first kappa shape index (κ1) is 19.7. The van der Waals surface area contributed by atoms with Crippen LogP contribution in [-0.4, -0.2) is 61.1 Å². The van der Waals surface area contributed by atoms with Crippen LogP contribution in [0.1, 0.15) is 20.8 Å². The first-order valence-electron chi connectivity index (χ1n) is 6.67. The summed E-state index contributed by atoms with van der Waals surface area (Å²) in [6.07, 6.45) is -6.88. The molecule has 0 N–H and O–H groups in total. The van der Waals surface area contributed by atoms with E-state index in [0.717, 1.165) is 26.9 Å². The molecule has 1 aliphatic heterocycles. The van der Waals surface area contributed by atoms with Crippen molar-refractivity contribution in [2.75, 3.05) is 6.61 Å². The van der Waals surface area contributed by atoms with Crippen molar-refractivity contribution in [1.29, 1.82) is 0 Å². The van der Waals surface area contributed by atoms with Crippen LogP contribution in [0.15, 0.2) is 4.99 Å². The second kappa shape index (κ2) is 7.93. The number of esters is 3. The van der Waals surface area contributed by atoms with E-state index < -0.39 is 55.0 Å². The Bertz CT molecular complexity index is 560. The maximum absolute atomic E-state index is 14.5. The van der Waals surface area contributed by atoms with Crippen molar-refractivity contribution < 1.29 is 46.9 Å². The van der Waals surface area contributed by atoms with E-state index in [9.17, 15) is 28.0 Å². The summed E-state index contributed by atoms with van der Waals surface area (Å²) in [5.41, 5.74) is 0. The van der Waals surface area contributed by atoms with E-state index in [1.165, 1.54) is 0 Å². The number of halogens is 2. The van der Waals surface area contributed by atoms with Gasteiger partial charge in [-0.05, 0) is 0 Å². The highest BCUT2D eigenvalue weighted by atomic mass is 19.3. The van der Waals surface area contributed by atoms with Gasteiger partial charge in [0, 0.05) is 20.8 Å². The lowest BCUT2D eigenvalue weighted by Crippen LogP contribution is -2.64. The first-order valence-corrected chi connectivity index (χ1v) is 6.67. The number of isocyanates is 1. The molecule has 1 aliphatic rings. The molecule has 0 bridgehead atoms. The molecule has 24 heavy (non-hydrogen) atoms. The van der Waals surface area contributed by atoms with Crippen LogP contribution in [0.2, 0.25) is 0 Å². The molecule has 1 fully saturated rings. The Labute approximate surface area is 134 Å². The molecule has 0 radical (unpaired) electrons. The van der Waals surface area contributed by atoms with Gasteiger partial charge in [0.15, 0.2) is 12.2 Å². The average Bonchev–Trinajstić information content (AvgIpc) is 2.43. The molecule has 0 aromatic rings. The smallest absolute Gasteiger partial charge is 0.317 e. The minimum atomic E-state index is -3.89. The van der Waals surface area contributed by atoms with Crippen LogP contribution in [0.5, 0.6) is 0 Å². The summed E-state index contributed by atoms with van der Waals surface area (Å²) in [5.74, 6) is -6.81. The maximum atomic E-state index is 14.5. The van der Waals surface area contributed by atoms with Gasteiger partial charge in [-0.1, -0.05) is 0 Å². The van der Waals surface area contributed by atoms with E-state index in [1.54, 1.807) is 0 Å². The molecule has 1 rings (SSSR count). The lowest BCUT2D eigenvalue weighted by Gasteiger charge is -2.43. The predicted molar refractivity (Wildman–Crippen MR) is 69.5 cm³/mol. The molecule has 0 amide bonds. The Morgan fingerprint density at radius 1 is 1.12 bits per heavy atom. The highest BCUT2D eigenvalue weighted by molar-refractivity contribution is 5.67.